The summed E-state index contributed by atoms with van der Waals surface area (Å²) in [4.78, 5) is 20.2. The van der Waals surface area contributed by atoms with Crippen molar-refractivity contribution in [2.45, 2.75) is 25.8 Å². The van der Waals surface area contributed by atoms with Crippen LogP contribution in [0.1, 0.15) is 29.0 Å². The number of carbonyl (C=O) groups is 1. The van der Waals surface area contributed by atoms with E-state index in [1.54, 1.807) is 12.1 Å². The van der Waals surface area contributed by atoms with E-state index in [-0.39, 0.29) is 17.8 Å². The second-order valence-corrected chi connectivity index (χ2v) is 7.22. The second kappa shape index (κ2) is 6.48. The lowest BCUT2D eigenvalue weighted by molar-refractivity contribution is 0.0707. The van der Waals surface area contributed by atoms with Crippen LogP contribution in [0.25, 0.3) is 4.96 Å². The van der Waals surface area contributed by atoms with Crippen molar-refractivity contribution in [1.29, 1.82) is 0 Å². The summed E-state index contributed by atoms with van der Waals surface area (Å²) in [6, 6.07) is 6.50. The minimum Gasteiger partial charge on any atom is -0.381 e. The Morgan fingerprint density at radius 1 is 1.36 bits per heavy atom. The third-order valence-corrected chi connectivity index (χ3v) is 5.32. The zero-order valence-electron chi connectivity index (χ0n) is 13.9. The molecule has 0 spiro atoms. The summed E-state index contributed by atoms with van der Waals surface area (Å²) in [7, 11) is 0. The predicted octanol–water partition coefficient (Wildman–Crippen LogP) is 3.56. The summed E-state index contributed by atoms with van der Waals surface area (Å²) in [5.74, 6) is -0.226. The van der Waals surface area contributed by atoms with Gasteiger partial charge in [-0.05, 0) is 44.0 Å². The van der Waals surface area contributed by atoms with Crippen molar-refractivity contribution in [3.63, 3.8) is 0 Å². The van der Waals surface area contributed by atoms with E-state index in [4.69, 9.17) is 0 Å². The van der Waals surface area contributed by atoms with Gasteiger partial charge in [-0.25, -0.2) is 9.37 Å². The van der Waals surface area contributed by atoms with Gasteiger partial charge in [-0.3, -0.25) is 9.20 Å². The lowest BCUT2D eigenvalue weighted by Gasteiger charge is -2.33. The minimum atomic E-state index is -0.248. The first-order chi connectivity index (χ1) is 12.1. The predicted molar refractivity (Wildman–Crippen MR) is 96.8 cm³/mol. The lowest BCUT2D eigenvalue weighted by atomic mass is 10.0. The molecule has 0 aliphatic carbocycles. The van der Waals surface area contributed by atoms with E-state index in [0.29, 0.717) is 12.2 Å². The number of imidazole rings is 1. The van der Waals surface area contributed by atoms with Crippen molar-refractivity contribution < 1.29 is 9.18 Å². The number of rotatable bonds is 3. The van der Waals surface area contributed by atoms with E-state index in [2.05, 4.69) is 10.3 Å². The molecule has 130 valence electrons. The Bertz CT molecular complexity index is 902. The van der Waals surface area contributed by atoms with E-state index < -0.39 is 0 Å². The van der Waals surface area contributed by atoms with Crippen molar-refractivity contribution in [1.82, 2.24) is 14.3 Å². The van der Waals surface area contributed by atoms with Gasteiger partial charge in [0.15, 0.2) is 4.96 Å². The Labute approximate surface area is 149 Å². The molecule has 3 heterocycles. The number of aryl methyl sites for hydroxylation is 1. The van der Waals surface area contributed by atoms with E-state index in [9.17, 15) is 9.18 Å². The van der Waals surface area contributed by atoms with Crippen molar-refractivity contribution in [3.05, 3.63) is 53.0 Å². The fourth-order valence-electron chi connectivity index (χ4n) is 3.36. The molecule has 1 aliphatic heterocycles. The van der Waals surface area contributed by atoms with Crippen molar-refractivity contribution >= 4 is 27.9 Å². The summed E-state index contributed by atoms with van der Waals surface area (Å²) in [6.07, 6.45) is 3.82. The zero-order chi connectivity index (χ0) is 17.4. The quantitative estimate of drug-likeness (QED) is 0.779. The molecule has 4 rings (SSSR count). The number of amides is 1. The summed E-state index contributed by atoms with van der Waals surface area (Å²) in [5, 5.41) is 5.34. The van der Waals surface area contributed by atoms with Crippen molar-refractivity contribution in [2.24, 2.45) is 0 Å². The number of fused-ring (bicyclic) bond motifs is 1. The van der Waals surface area contributed by atoms with Gasteiger partial charge in [0.05, 0.1) is 5.69 Å². The van der Waals surface area contributed by atoms with Crippen molar-refractivity contribution in [3.8, 4) is 0 Å². The number of hydrogen-bond donors (Lipinski definition) is 1. The molecule has 1 N–H and O–H groups in total. The Hall–Kier alpha value is -2.41. The Kier molecular flexibility index (Phi) is 4.17. The third kappa shape index (κ3) is 3.11. The van der Waals surface area contributed by atoms with E-state index in [0.717, 1.165) is 35.7 Å². The molecule has 1 aliphatic rings. The first kappa shape index (κ1) is 16.1. The average molecular weight is 358 g/mol. The average Bonchev–Trinajstić information content (AvgIpc) is 3.16. The molecule has 0 bridgehead atoms. The van der Waals surface area contributed by atoms with Gasteiger partial charge in [-0.15, -0.1) is 11.3 Å². The number of piperidine rings is 1. The molecule has 0 saturated carbocycles. The number of likely N-dealkylation sites (tertiary alicyclic amines) is 1. The van der Waals surface area contributed by atoms with Crippen LogP contribution in [0.15, 0.2) is 35.8 Å². The highest BCUT2D eigenvalue weighted by Crippen LogP contribution is 2.22. The fraction of sp³-hybridized carbons (Fsp3) is 0.333. The first-order valence-electron chi connectivity index (χ1n) is 8.35. The minimum absolute atomic E-state index is 0.0222. The highest BCUT2D eigenvalue weighted by atomic mass is 32.1. The number of nitrogens with zero attached hydrogens (tertiary/aromatic N) is 3. The molecule has 0 radical (unpaired) electrons. The summed E-state index contributed by atoms with van der Waals surface area (Å²) < 4.78 is 14.9. The van der Waals surface area contributed by atoms with E-state index in [1.807, 2.05) is 27.8 Å². The number of halogens is 1. The number of aromatic nitrogens is 2. The summed E-state index contributed by atoms with van der Waals surface area (Å²) in [5.41, 5.74) is 2.30. The number of hydrogen-bond acceptors (Lipinski definition) is 4. The molecular formula is C18H19FN4OS. The second-order valence-electron chi connectivity index (χ2n) is 6.34. The molecule has 7 heteroatoms. The third-order valence-electron chi connectivity index (χ3n) is 4.56. The fourth-order valence-corrected chi connectivity index (χ4v) is 4.12. The number of benzene rings is 1. The number of carbonyl (C=O) groups excluding carboxylic acids is 1. The highest BCUT2D eigenvalue weighted by molar-refractivity contribution is 7.15. The van der Waals surface area contributed by atoms with Crippen LogP contribution in [0.5, 0.6) is 0 Å². The van der Waals surface area contributed by atoms with Crippen LogP contribution in [-0.2, 0) is 0 Å². The monoisotopic (exact) mass is 358 g/mol. The Morgan fingerprint density at radius 3 is 2.96 bits per heavy atom. The van der Waals surface area contributed by atoms with Gasteiger partial charge in [0.25, 0.3) is 5.91 Å². The zero-order valence-corrected chi connectivity index (χ0v) is 14.7. The van der Waals surface area contributed by atoms with E-state index >= 15 is 0 Å². The maximum atomic E-state index is 13.0. The van der Waals surface area contributed by atoms with Crippen molar-refractivity contribution in [2.75, 3.05) is 18.4 Å². The van der Waals surface area contributed by atoms with Crippen LogP contribution < -0.4 is 5.32 Å². The molecule has 1 saturated heterocycles. The number of anilines is 1. The van der Waals surface area contributed by atoms with Gasteiger partial charge in [0, 0.05) is 36.4 Å². The van der Waals surface area contributed by atoms with Gasteiger partial charge < -0.3 is 10.2 Å². The molecule has 25 heavy (non-hydrogen) atoms. The van der Waals surface area contributed by atoms with Gasteiger partial charge in [-0.1, -0.05) is 0 Å². The number of thiazole rings is 1. The molecule has 1 amide bonds. The van der Waals surface area contributed by atoms with Gasteiger partial charge in [0.1, 0.15) is 11.5 Å². The molecule has 3 aromatic rings. The standard InChI is InChI=1S/C18H19FN4OS/c1-12-16(23-9-10-25-18(23)20-12)17(24)22-8-2-3-15(11-22)21-14-6-4-13(19)5-7-14/h4-7,9-10,15,21H,2-3,8,11H2,1H3/t15-/m1/s1. The maximum Gasteiger partial charge on any atom is 0.272 e. The normalized spacial score (nSPS) is 17.8. The topological polar surface area (TPSA) is 49.6 Å². The van der Waals surface area contributed by atoms with Gasteiger partial charge >= 0.3 is 0 Å². The van der Waals surface area contributed by atoms with Crippen LogP contribution >= 0.6 is 11.3 Å². The lowest BCUT2D eigenvalue weighted by Crippen LogP contribution is -2.45. The molecule has 1 fully saturated rings. The van der Waals surface area contributed by atoms with Crippen LogP contribution in [0, 0.1) is 12.7 Å². The highest BCUT2D eigenvalue weighted by Gasteiger charge is 2.28. The van der Waals surface area contributed by atoms with Crippen LogP contribution in [0.2, 0.25) is 0 Å². The molecule has 1 atom stereocenters. The van der Waals surface area contributed by atoms with Gasteiger partial charge in [-0.2, -0.15) is 0 Å². The van der Waals surface area contributed by atoms with Crippen LogP contribution in [0.4, 0.5) is 10.1 Å². The first-order valence-corrected chi connectivity index (χ1v) is 9.23. The van der Waals surface area contributed by atoms with Crippen LogP contribution in [0.3, 0.4) is 0 Å². The molecule has 0 unspecified atom stereocenters. The maximum absolute atomic E-state index is 13.0. The molecule has 1 aromatic carbocycles. The molecule has 5 nitrogen and oxygen atoms in total. The summed E-state index contributed by atoms with van der Waals surface area (Å²) >= 11 is 1.53. The summed E-state index contributed by atoms with van der Waals surface area (Å²) in [6.45, 7) is 3.26. The number of nitrogens with one attached hydrogen (secondary N) is 1. The molecular weight excluding hydrogens is 339 g/mol. The van der Waals surface area contributed by atoms with E-state index in [1.165, 1.54) is 23.5 Å². The smallest absolute Gasteiger partial charge is 0.272 e. The Balaban J connectivity index is 1.50. The SMILES string of the molecule is Cc1nc2sccn2c1C(=O)N1CCC[C@@H](Nc2ccc(F)cc2)C1. The Morgan fingerprint density at radius 2 is 2.16 bits per heavy atom. The molecule has 2 aromatic heterocycles. The van der Waals surface area contributed by atoms with Crippen LogP contribution in [-0.4, -0.2) is 39.3 Å². The largest absolute Gasteiger partial charge is 0.381 e. The van der Waals surface area contributed by atoms with Gasteiger partial charge in [0.2, 0.25) is 0 Å².